The van der Waals surface area contributed by atoms with Gasteiger partial charge in [-0.15, -0.1) is 5.59 Å². The Morgan fingerprint density at radius 1 is 1.42 bits per heavy atom. The third-order valence-electron chi connectivity index (χ3n) is 5.38. The molecule has 0 amide bonds. The Morgan fingerprint density at radius 2 is 2.15 bits per heavy atom. The minimum Gasteiger partial charge on any atom is -0.311 e. The molecule has 1 aliphatic carbocycles. The second kappa shape index (κ2) is 7.71. The number of hydrogen-bond donors (Lipinski definition) is 3. The largest absolute Gasteiger partial charge is 0.311 e. The molecule has 1 saturated heterocycles. The van der Waals surface area contributed by atoms with Crippen LogP contribution in [0.3, 0.4) is 0 Å². The van der Waals surface area contributed by atoms with E-state index in [0.29, 0.717) is 10.9 Å². The number of para-hydroxylation sites is 1. The van der Waals surface area contributed by atoms with Gasteiger partial charge in [-0.25, -0.2) is 10.9 Å². The highest BCUT2D eigenvalue weighted by atomic mass is 35.5. The van der Waals surface area contributed by atoms with Gasteiger partial charge in [-0.3, -0.25) is 0 Å². The van der Waals surface area contributed by atoms with E-state index in [1.807, 2.05) is 18.2 Å². The Kier molecular flexibility index (Phi) is 5.75. The molecule has 1 aromatic carbocycles. The summed E-state index contributed by atoms with van der Waals surface area (Å²) in [5.74, 6) is 5.92. The van der Waals surface area contributed by atoms with E-state index in [1.165, 1.54) is 12.8 Å². The number of halogens is 1. The van der Waals surface area contributed by atoms with E-state index >= 15 is 0 Å². The summed E-state index contributed by atoms with van der Waals surface area (Å²) in [4.78, 5) is 5.50. The molecule has 4 N–H and O–H groups in total. The van der Waals surface area contributed by atoms with Gasteiger partial charge in [-0.2, -0.15) is 10.2 Å². The first-order chi connectivity index (χ1) is 12.4. The van der Waals surface area contributed by atoms with Gasteiger partial charge in [0.05, 0.1) is 29.2 Å². The van der Waals surface area contributed by atoms with Gasteiger partial charge in [0.2, 0.25) is 0 Å². The van der Waals surface area contributed by atoms with Crippen LogP contribution in [0.4, 0.5) is 5.69 Å². The first-order valence-electron chi connectivity index (χ1n) is 9.18. The highest BCUT2D eigenvalue weighted by Crippen LogP contribution is 2.44. The lowest BCUT2D eigenvalue weighted by Crippen LogP contribution is -2.39. The third kappa shape index (κ3) is 3.98. The number of hydrogen-bond acceptors (Lipinski definition) is 6. The van der Waals surface area contributed by atoms with Crippen molar-refractivity contribution in [1.82, 2.24) is 10.9 Å². The molecular formula is C19H28ClN5O. The van der Waals surface area contributed by atoms with E-state index in [2.05, 4.69) is 37.7 Å². The molecule has 2 fully saturated rings. The summed E-state index contributed by atoms with van der Waals surface area (Å²) in [7, 11) is 0. The van der Waals surface area contributed by atoms with Gasteiger partial charge in [0, 0.05) is 18.5 Å². The van der Waals surface area contributed by atoms with Crippen LogP contribution in [-0.2, 0) is 4.94 Å². The molecule has 3 atom stereocenters. The molecule has 1 aromatic rings. The van der Waals surface area contributed by atoms with Crippen LogP contribution in [0.2, 0.25) is 5.02 Å². The van der Waals surface area contributed by atoms with Crippen LogP contribution in [0.25, 0.3) is 0 Å². The molecule has 0 bridgehead atoms. The number of rotatable bonds is 6. The summed E-state index contributed by atoms with van der Waals surface area (Å²) in [5.41, 5.74) is 4.12. The molecule has 6 nitrogen and oxygen atoms in total. The predicted octanol–water partition coefficient (Wildman–Crippen LogP) is 3.11. The molecule has 1 saturated carbocycles. The SMILES string of the molecule is CC(C)(C)C1NCC(c2cccc(Cl)c2N(CC2CC2)ONN)C1C#N. The van der Waals surface area contributed by atoms with Crippen LogP contribution < -0.4 is 21.8 Å². The number of hydrazine groups is 1. The van der Waals surface area contributed by atoms with Crippen molar-refractivity contribution in [2.75, 3.05) is 18.2 Å². The van der Waals surface area contributed by atoms with Crippen LogP contribution in [0, 0.1) is 28.6 Å². The molecule has 0 spiro atoms. The number of nitrogens with one attached hydrogen (secondary N) is 2. The molecule has 0 aromatic heterocycles. The monoisotopic (exact) mass is 377 g/mol. The molecule has 3 unspecified atom stereocenters. The third-order valence-corrected chi connectivity index (χ3v) is 5.69. The van der Waals surface area contributed by atoms with Crippen molar-refractivity contribution in [3.63, 3.8) is 0 Å². The smallest absolute Gasteiger partial charge is 0.0878 e. The van der Waals surface area contributed by atoms with Gasteiger partial charge in [0.1, 0.15) is 0 Å². The Bertz CT molecular complexity index is 679. The van der Waals surface area contributed by atoms with Crippen LogP contribution in [-0.4, -0.2) is 19.1 Å². The molecule has 142 valence electrons. The number of nitriles is 1. The maximum Gasteiger partial charge on any atom is 0.0878 e. The first-order valence-corrected chi connectivity index (χ1v) is 9.56. The Balaban J connectivity index is 1.97. The average Bonchev–Trinajstić information content (AvgIpc) is 3.28. The molecule has 7 heteroatoms. The zero-order valence-corrected chi connectivity index (χ0v) is 16.4. The van der Waals surface area contributed by atoms with Crippen LogP contribution >= 0.6 is 11.6 Å². The molecule has 0 radical (unpaired) electrons. The van der Waals surface area contributed by atoms with Crippen molar-refractivity contribution in [2.24, 2.45) is 23.1 Å². The predicted molar refractivity (Wildman–Crippen MR) is 103 cm³/mol. The summed E-state index contributed by atoms with van der Waals surface area (Å²) in [6, 6.07) is 8.49. The maximum absolute atomic E-state index is 9.89. The molecule has 2 aliphatic rings. The van der Waals surface area contributed by atoms with E-state index in [-0.39, 0.29) is 23.3 Å². The van der Waals surface area contributed by atoms with Crippen molar-refractivity contribution in [2.45, 2.75) is 45.6 Å². The number of hydroxylamine groups is 1. The lowest BCUT2D eigenvalue weighted by atomic mass is 9.75. The summed E-state index contributed by atoms with van der Waals surface area (Å²) in [6.07, 6.45) is 2.37. The number of nitrogens with zero attached hydrogens (tertiary/aromatic N) is 2. The second-order valence-electron chi connectivity index (χ2n) is 8.40. The second-order valence-corrected chi connectivity index (χ2v) is 8.81. The quantitative estimate of drug-likeness (QED) is 0.521. The summed E-state index contributed by atoms with van der Waals surface area (Å²) >= 11 is 6.57. The number of anilines is 1. The fourth-order valence-corrected chi connectivity index (χ4v) is 4.20. The Morgan fingerprint density at radius 3 is 2.73 bits per heavy atom. The normalized spacial score (nSPS) is 25.9. The molecule has 3 rings (SSSR count). The van der Waals surface area contributed by atoms with Crippen molar-refractivity contribution < 1.29 is 4.94 Å². The van der Waals surface area contributed by atoms with Crippen molar-refractivity contribution in [3.8, 4) is 6.07 Å². The molecule has 1 aliphatic heterocycles. The minimum absolute atomic E-state index is 0.00308. The van der Waals surface area contributed by atoms with Crippen LogP contribution in [0.15, 0.2) is 18.2 Å². The zero-order valence-electron chi connectivity index (χ0n) is 15.6. The lowest BCUT2D eigenvalue weighted by Gasteiger charge is -2.31. The van der Waals surface area contributed by atoms with E-state index in [4.69, 9.17) is 22.4 Å². The maximum atomic E-state index is 9.89. The van der Waals surface area contributed by atoms with Gasteiger partial charge in [0.15, 0.2) is 0 Å². The molecular weight excluding hydrogens is 350 g/mol. The van der Waals surface area contributed by atoms with Gasteiger partial charge < -0.3 is 5.32 Å². The molecule has 1 heterocycles. The van der Waals surface area contributed by atoms with E-state index in [1.54, 1.807) is 5.06 Å². The Labute approximate surface area is 160 Å². The number of nitrogens with two attached hydrogens (primary N) is 1. The first kappa shape index (κ1) is 19.4. The van der Waals surface area contributed by atoms with Gasteiger partial charge in [0.25, 0.3) is 0 Å². The van der Waals surface area contributed by atoms with E-state index < -0.39 is 0 Å². The highest BCUT2D eigenvalue weighted by molar-refractivity contribution is 6.33. The van der Waals surface area contributed by atoms with Gasteiger partial charge in [-0.05, 0) is 35.8 Å². The van der Waals surface area contributed by atoms with Gasteiger partial charge >= 0.3 is 0 Å². The van der Waals surface area contributed by atoms with Crippen LogP contribution in [0.5, 0.6) is 0 Å². The van der Waals surface area contributed by atoms with Crippen molar-refractivity contribution in [1.29, 1.82) is 5.26 Å². The minimum atomic E-state index is -0.138. The fraction of sp³-hybridized carbons (Fsp3) is 0.632. The topological polar surface area (TPSA) is 86.3 Å². The van der Waals surface area contributed by atoms with Gasteiger partial charge in [-0.1, -0.05) is 44.5 Å². The Hall–Kier alpha value is -1.36. The summed E-state index contributed by atoms with van der Waals surface area (Å²) < 4.78 is 0. The van der Waals surface area contributed by atoms with E-state index in [9.17, 15) is 5.26 Å². The van der Waals surface area contributed by atoms with Crippen LogP contribution in [0.1, 0.15) is 45.1 Å². The average molecular weight is 378 g/mol. The fourth-order valence-electron chi connectivity index (χ4n) is 3.92. The van der Waals surface area contributed by atoms with Crippen molar-refractivity contribution in [3.05, 3.63) is 28.8 Å². The zero-order chi connectivity index (χ0) is 18.9. The highest BCUT2D eigenvalue weighted by Gasteiger charge is 2.44. The number of benzene rings is 1. The van der Waals surface area contributed by atoms with Crippen molar-refractivity contribution >= 4 is 17.3 Å². The van der Waals surface area contributed by atoms with E-state index in [0.717, 1.165) is 24.3 Å². The molecule has 26 heavy (non-hydrogen) atoms. The standard InChI is InChI=1S/C19H28ClN5O/c1-19(2,3)18-14(9-21)15(10-23-18)13-5-4-6-16(20)17(13)25(26-24-22)11-12-7-8-12/h4-6,12,14-15,18,23-24H,7-8,10-11,22H2,1-3H3. The lowest BCUT2D eigenvalue weighted by molar-refractivity contribution is 0.0176. The summed E-state index contributed by atoms with van der Waals surface area (Å²) in [5, 5.41) is 15.8. The summed E-state index contributed by atoms with van der Waals surface area (Å²) in [6.45, 7) is 7.95.